The molecule has 1 aromatic rings. The van der Waals surface area contributed by atoms with Crippen LogP contribution in [0, 0.1) is 0 Å². The minimum absolute atomic E-state index is 0.127. The molecule has 2 heterocycles. The van der Waals surface area contributed by atoms with Crippen molar-refractivity contribution >= 4 is 21.6 Å². The fourth-order valence-electron chi connectivity index (χ4n) is 2.66. The topological polar surface area (TPSA) is 53.2 Å². The third-order valence-corrected chi connectivity index (χ3v) is 5.98. The molecule has 1 saturated heterocycles. The van der Waals surface area contributed by atoms with Crippen LogP contribution in [0.4, 0.5) is 0 Å². The Kier molecular flexibility index (Phi) is 4.92. The van der Waals surface area contributed by atoms with Crippen molar-refractivity contribution in [2.45, 2.75) is 55.8 Å². The highest BCUT2D eigenvalue weighted by atomic mass is 35.5. The number of rotatable bonds is 4. The lowest BCUT2D eigenvalue weighted by Gasteiger charge is -2.27. The van der Waals surface area contributed by atoms with Crippen LogP contribution in [0.3, 0.4) is 0 Å². The van der Waals surface area contributed by atoms with Gasteiger partial charge in [0, 0.05) is 24.5 Å². The monoisotopic (exact) mass is 304 g/mol. The molecule has 0 radical (unpaired) electrons. The number of nitrogens with one attached hydrogen (secondary N) is 1. The van der Waals surface area contributed by atoms with Crippen LogP contribution < -0.4 is 0 Å². The van der Waals surface area contributed by atoms with Crippen LogP contribution in [0.15, 0.2) is 17.2 Å². The molecule has 0 bridgehead atoms. The number of alkyl halides is 1. The molecule has 108 valence electrons. The lowest BCUT2D eigenvalue weighted by molar-refractivity contribution is 0.315. The van der Waals surface area contributed by atoms with E-state index in [2.05, 4.69) is 11.9 Å². The molecule has 1 unspecified atom stereocenters. The smallest absolute Gasteiger partial charge is 0.244 e. The molecule has 1 aliphatic rings. The summed E-state index contributed by atoms with van der Waals surface area (Å²) in [4.78, 5) is 3.25. The van der Waals surface area contributed by atoms with E-state index < -0.39 is 10.0 Å². The Morgan fingerprint density at radius 2 is 2.21 bits per heavy atom. The highest BCUT2D eigenvalue weighted by Gasteiger charge is 2.31. The summed E-state index contributed by atoms with van der Waals surface area (Å²) in [5.74, 6) is 0.298. The third kappa shape index (κ3) is 3.15. The molecule has 0 aliphatic carbocycles. The minimum Gasteiger partial charge on any atom is -0.363 e. The van der Waals surface area contributed by atoms with E-state index in [1.165, 1.54) is 0 Å². The lowest BCUT2D eigenvalue weighted by Crippen LogP contribution is -2.39. The maximum atomic E-state index is 12.7. The van der Waals surface area contributed by atoms with E-state index in [0.717, 1.165) is 37.8 Å². The van der Waals surface area contributed by atoms with Gasteiger partial charge < -0.3 is 4.98 Å². The normalized spacial score (nSPS) is 22.3. The molecular weight excluding hydrogens is 284 g/mol. The molecular formula is C13H21ClN2O2S. The van der Waals surface area contributed by atoms with Crippen molar-refractivity contribution in [2.24, 2.45) is 0 Å². The standard InChI is InChI=1S/C13H21ClN2O2S/c1-2-12-6-4-3-5-7-16(12)19(17,18)13-8-11(9-14)15-10-13/h8,10,12,15H,2-7,9H2,1H3. The summed E-state index contributed by atoms with van der Waals surface area (Å²) < 4.78 is 27.1. The first-order valence-electron chi connectivity index (χ1n) is 6.84. The van der Waals surface area contributed by atoms with Crippen LogP contribution in [0.25, 0.3) is 0 Å². The Bertz CT molecular complexity index is 512. The van der Waals surface area contributed by atoms with Crippen LogP contribution in [0.5, 0.6) is 0 Å². The number of nitrogens with zero attached hydrogens (tertiary/aromatic N) is 1. The van der Waals surface area contributed by atoms with E-state index in [4.69, 9.17) is 11.6 Å². The van der Waals surface area contributed by atoms with Crippen LogP contribution >= 0.6 is 11.6 Å². The Balaban J connectivity index is 2.30. The number of hydrogen-bond acceptors (Lipinski definition) is 2. The van der Waals surface area contributed by atoms with Crippen molar-refractivity contribution in [3.63, 3.8) is 0 Å². The van der Waals surface area contributed by atoms with E-state index in [-0.39, 0.29) is 6.04 Å². The summed E-state index contributed by atoms with van der Waals surface area (Å²) in [6, 6.07) is 1.77. The van der Waals surface area contributed by atoms with Gasteiger partial charge in [0.25, 0.3) is 0 Å². The van der Waals surface area contributed by atoms with Crippen molar-refractivity contribution in [3.05, 3.63) is 18.0 Å². The van der Waals surface area contributed by atoms with Crippen molar-refractivity contribution in [2.75, 3.05) is 6.54 Å². The molecule has 4 nitrogen and oxygen atoms in total. The number of aromatic amines is 1. The van der Waals surface area contributed by atoms with Gasteiger partial charge in [-0.05, 0) is 25.3 Å². The zero-order chi connectivity index (χ0) is 13.9. The summed E-state index contributed by atoms with van der Waals surface area (Å²) in [5, 5.41) is 0. The molecule has 2 rings (SSSR count). The quantitative estimate of drug-likeness (QED) is 0.869. The maximum absolute atomic E-state index is 12.7. The van der Waals surface area contributed by atoms with Gasteiger partial charge in [-0.3, -0.25) is 0 Å². The summed E-state index contributed by atoms with van der Waals surface area (Å²) in [5.41, 5.74) is 0.739. The number of hydrogen-bond donors (Lipinski definition) is 1. The van der Waals surface area contributed by atoms with Gasteiger partial charge in [0.1, 0.15) is 0 Å². The van der Waals surface area contributed by atoms with E-state index in [9.17, 15) is 8.42 Å². The van der Waals surface area contributed by atoms with Gasteiger partial charge in [0.15, 0.2) is 0 Å². The van der Waals surface area contributed by atoms with E-state index >= 15 is 0 Å². The average Bonchev–Trinajstić information content (AvgIpc) is 2.76. The van der Waals surface area contributed by atoms with Gasteiger partial charge in [-0.25, -0.2) is 8.42 Å². The lowest BCUT2D eigenvalue weighted by atomic mass is 10.1. The number of H-pyrrole nitrogens is 1. The first kappa shape index (κ1) is 14.9. The highest BCUT2D eigenvalue weighted by molar-refractivity contribution is 7.89. The predicted molar refractivity (Wildman–Crippen MR) is 76.8 cm³/mol. The summed E-state index contributed by atoms with van der Waals surface area (Å²) in [6.45, 7) is 2.68. The fourth-order valence-corrected chi connectivity index (χ4v) is 4.60. The zero-order valence-electron chi connectivity index (χ0n) is 11.2. The SMILES string of the molecule is CCC1CCCCCN1S(=O)(=O)c1c[nH]c(CCl)c1. The van der Waals surface area contributed by atoms with Crippen LogP contribution in [0.1, 0.15) is 44.7 Å². The number of aromatic nitrogens is 1. The van der Waals surface area contributed by atoms with Crippen molar-refractivity contribution in [1.82, 2.24) is 9.29 Å². The molecule has 1 atom stereocenters. The molecule has 1 aliphatic heterocycles. The minimum atomic E-state index is -3.39. The first-order chi connectivity index (χ1) is 9.09. The molecule has 1 N–H and O–H groups in total. The van der Waals surface area contributed by atoms with Gasteiger partial charge in [-0.15, -0.1) is 11.6 Å². The fraction of sp³-hybridized carbons (Fsp3) is 0.692. The molecule has 0 spiro atoms. The second-order valence-electron chi connectivity index (χ2n) is 5.02. The number of sulfonamides is 1. The highest BCUT2D eigenvalue weighted by Crippen LogP contribution is 2.26. The largest absolute Gasteiger partial charge is 0.363 e. The second kappa shape index (κ2) is 6.29. The second-order valence-corrected chi connectivity index (χ2v) is 7.18. The van der Waals surface area contributed by atoms with Gasteiger partial charge in [0.05, 0.1) is 10.8 Å². The van der Waals surface area contributed by atoms with Crippen molar-refractivity contribution in [1.29, 1.82) is 0 Å². The molecule has 0 aromatic carbocycles. The zero-order valence-corrected chi connectivity index (χ0v) is 12.8. The van der Waals surface area contributed by atoms with Crippen molar-refractivity contribution in [3.8, 4) is 0 Å². The number of halogens is 1. The van der Waals surface area contributed by atoms with Gasteiger partial charge in [-0.2, -0.15) is 4.31 Å². The van der Waals surface area contributed by atoms with Crippen LogP contribution in [0.2, 0.25) is 0 Å². The average molecular weight is 305 g/mol. The molecule has 0 saturated carbocycles. The maximum Gasteiger partial charge on any atom is 0.244 e. The molecule has 6 heteroatoms. The summed E-state index contributed by atoms with van der Waals surface area (Å²) in [6.07, 6.45) is 6.55. The van der Waals surface area contributed by atoms with Crippen LogP contribution in [-0.2, 0) is 15.9 Å². The Labute approximate surface area is 120 Å². The van der Waals surface area contributed by atoms with E-state index in [0.29, 0.717) is 17.3 Å². The summed E-state index contributed by atoms with van der Waals surface area (Å²) >= 11 is 5.72. The summed E-state index contributed by atoms with van der Waals surface area (Å²) in [7, 11) is -3.39. The van der Waals surface area contributed by atoms with Gasteiger partial charge in [-0.1, -0.05) is 19.8 Å². The van der Waals surface area contributed by atoms with Gasteiger partial charge in [0.2, 0.25) is 10.0 Å². The predicted octanol–water partition coefficient (Wildman–Crippen LogP) is 3.10. The Hall–Kier alpha value is -0.520. The molecule has 0 amide bonds. The Morgan fingerprint density at radius 1 is 1.42 bits per heavy atom. The third-order valence-electron chi connectivity index (χ3n) is 3.76. The molecule has 1 fully saturated rings. The van der Waals surface area contributed by atoms with E-state index in [1.54, 1.807) is 16.6 Å². The van der Waals surface area contributed by atoms with Gasteiger partial charge >= 0.3 is 0 Å². The van der Waals surface area contributed by atoms with Crippen LogP contribution in [-0.4, -0.2) is 30.3 Å². The van der Waals surface area contributed by atoms with E-state index in [1.807, 2.05) is 0 Å². The molecule has 1 aromatic heterocycles. The van der Waals surface area contributed by atoms with Crippen molar-refractivity contribution < 1.29 is 8.42 Å². The molecule has 19 heavy (non-hydrogen) atoms. The first-order valence-corrected chi connectivity index (χ1v) is 8.82. The Morgan fingerprint density at radius 3 is 2.84 bits per heavy atom.